The third-order valence-electron chi connectivity index (χ3n) is 1.56. The molecule has 0 radical (unpaired) electrons. The van der Waals surface area contributed by atoms with Gasteiger partial charge in [0.25, 0.3) is 0 Å². The number of hydrogen-bond donors (Lipinski definition) is 2. The Morgan fingerprint density at radius 3 is 3.15 bits per heavy atom. The minimum atomic E-state index is 0.0726. The summed E-state index contributed by atoms with van der Waals surface area (Å²) < 4.78 is 0. The zero-order valence-electron chi connectivity index (χ0n) is 7.22. The van der Waals surface area contributed by atoms with Crippen molar-refractivity contribution in [3.63, 3.8) is 0 Å². The van der Waals surface area contributed by atoms with Gasteiger partial charge in [0.15, 0.2) is 0 Å². The van der Waals surface area contributed by atoms with E-state index < -0.39 is 0 Å². The zero-order valence-corrected chi connectivity index (χ0v) is 8.80. The first-order valence-electron chi connectivity index (χ1n) is 4.14. The molecule has 0 aromatic carbocycles. The van der Waals surface area contributed by atoms with Crippen LogP contribution in [0.3, 0.4) is 0 Å². The van der Waals surface area contributed by atoms with Crippen LogP contribution in [0.1, 0.15) is 12.2 Å². The monoisotopic (exact) mass is 245 g/mol. The van der Waals surface area contributed by atoms with E-state index in [0.717, 1.165) is 12.2 Å². The van der Waals surface area contributed by atoms with Crippen molar-refractivity contribution in [1.29, 1.82) is 0 Å². The molecule has 0 aliphatic carbocycles. The summed E-state index contributed by atoms with van der Waals surface area (Å²) in [4.78, 5) is 18.0. The number of rotatable bonds is 5. The standard InChI is InChI=1S/C8H12BrN3O/c9-3-1-8(13)12-4-2-7-10-5-6-11-7/h5-6H,1-4H2,(H,10,11)(H,12,13). The Hall–Kier alpha value is -0.840. The Labute approximate surface area is 85.3 Å². The number of nitrogens with zero attached hydrogens (tertiary/aromatic N) is 1. The Bertz CT molecular complexity index is 248. The summed E-state index contributed by atoms with van der Waals surface area (Å²) in [5.41, 5.74) is 0. The lowest BCUT2D eigenvalue weighted by molar-refractivity contribution is -0.120. The maximum atomic E-state index is 11.0. The van der Waals surface area contributed by atoms with Gasteiger partial charge in [0, 0.05) is 37.1 Å². The highest BCUT2D eigenvalue weighted by molar-refractivity contribution is 9.09. The number of carbonyl (C=O) groups is 1. The van der Waals surface area contributed by atoms with Gasteiger partial charge in [-0.1, -0.05) is 15.9 Å². The number of nitrogens with one attached hydrogen (secondary N) is 2. The van der Waals surface area contributed by atoms with Crippen molar-refractivity contribution in [2.45, 2.75) is 12.8 Å². The molecular formula is C8H12BrN3O. The van der Waals surface area contributed by atoms with Crippen LogP contribution >= 0.6 is 15.9 Å². The summed E-state index contributed by atoms with van der Waals surface area (Å²) in [7, 11) is 0. The summed E-state index contributed by atoms with van der Waals surface area (Å²) in [6.45, 7) is 0.638. The highest BCUT2D eigenvalue weighted by atomic mass is 79.9. The van der Waals surface area contributed by atoms with Gasteiger partial charge in [0.1, 0.15) is 5.82 Å². The molecule has 0 fully saturated rings. The second-order valence-electron chi connectivity index (χ2n) is 2.57. The van der Waals surface area contributed by atoms with E-state index in [0.29, 0.717) is 18.3 Å². The molecule has 1 heterocycles. The van der Waals surface area contributed by atoms with E-state index in [1.807, 2.05) is 0 Å². The Kier molecular flexibility index (Phi) is 4.53. The molecule has 2 N–H and O–H groups in total. The fourth-order valence-corrected chi connectivity index (χ4v) is 1.29. The number of alkyl halides is 1. The number of imidazole rings is 1. The van der Waals surface area contributed by atoms with E-state index in [9.17, 15) is 4.79 Å². The first-order chi connectivity index (χ1) is 6.33. The van der Waals surface area contributed by atoms with Crippen molar-refractivity contribution in [3.05, 3.63) is 18.2 Å². The summed E-state index contributed by atoms with van der Waals surface area (Å²) in [6, 6.07) is 0. The Balaban J connectivity index is 2.11. The second kappa shape index (κ2) is 5.75. The minimum absolute atomic E-state index is 0.0726. The Morgan fingerprint density at radius 2 is 2.54 bits per heavy atom. The molecular weight excluding hydrogens is 234 g/mol. The molecule has 0 aliphatic heterocycles. The average molecular weight is 246 g/mol. The van der Waals surface area contributed by atoms with Crippen LogP contribution in [0, 0.1) is 0 Å². The van der Waals surface area contributed by atoms with E-state index in [2.05, 4.69) is 31.2 Å². The highest BCUT2D eigenvalue weighted by Gasteiger charge is 1.99. The van der Waals surface area contributed by atoms with Crippen molar-refractivity contribution in [2.24, 2.45) is 0 Å². The van der Waals surface area contributed by atoms with Crippen LogP contribution < -0.4 is 5.32 Å². The van der Waals surface area contributed by atoms with Crippen LogP contribution in [0.5, 0.6) is 0 Å². The normalized spacial score (nSPS) is 9.92. The number of aromatic amines is 1. The van der Waals surface area contributed by atoms with Crippen molar-refractivity contribution in [3.8, 4) is 0 Å². The highest BCUT2D eigenvalue weighted by Crippen LogP contribution is 1.90. The fourth-order valence-electron chi connectivity index (χ4n) is 0.929. The van der Waals surface area contributed by atoms with E-state index in [-0.39, 0.29) is 5.91 Å². The predicted molar refractivity (Wildman–Crippen MR) is 53.7 cm³/mol. The molecule has 1 amide bonds. The fraction of sp³-hybridized carbons (Fsp3) is 0.500. The predicted octanol–water partition coefficient (Wildman–Crippen LogP) is 0.853. The van der Waals surface area contributed by atoms with Gasteiger partial charge in [-0.25, -0.2) is 4.98 Å². The largest absolute Gasteiger partial charge is 0.356 e. The van der Waals surface area contributed by atoms with Crippen molar-refractivity contribution in [1.82, 2.24) is 15.3 Å². The van der Waals surface area contributed by atoms with Crippen LogP contribution in [0.25, 0.3) is 0 Å². The molecule has 0 atom stereocenters. The van der Waals surface area contributed by atoms with Crippen LogP contribution in [0.2, 0.25) is 0 Å². The zero-order chi connectivity index (χ0) is 9.52. The lowest BCUT2D eigenvalue weighted by Gasteiger charge is -2.01. The molecule has 5 heteroatoms. The number of aromatic nitrogens is 2. The topological polar surface area (TPSA) is 57.8 Å². The average Bonchev–Trinajstić information content (AvgIpc) is 2.57. The summed E-state index contributed by atoms with van der Waals surface area (Å²) >= 11 is 3.20. The van der Waals surface area contributed by atoms with Gasteiger partial charge in [-0.15, -0.1) is 0 Å². The second-order valence-corrected chi connectivity index (χ2v) is 3.37. The smallest absolute Gasteiger partial charge is 0.220 e. The summed E-state index contributed by atoms with van der Waals surface area (Å²) in [5.74, 6) is 0.975. The third-order valence-corrected chi connectivity index (χ3v) is 1.96. The van der Waals surface area contributed by atoms with Gasteiger partial charge in [-0.3, -0.25) is 4.79 Å². The molecule has 72 valence electrons. The molecule has 0 spiro atoms. The van der Waals surface area contributed by atoms with E-state index in [1.54, 1.807) is 12.4 Å². The van der Waals surface area contributed by atoms with E-state index >= 15 is 0 Å². The maximum absolute atomic E-state index is 11.0. The van der Waals surface area contributed by atoms with Crippen LogP contribution in [0.4, 0.5) is 0 Å². The van der Waals surface area contributed by atoms with Gasteiger partial charge in [0.2, 0.25) is 5.91 Å². The van der Waals surface area contributed by atoms with E-state index in [1.165, 1.54) is 0 Å². The maximum Gasteiger partial charge on any atom is 0.220 e. The number of halogens is 1. The summed E-state index contributed by atoms with van der Waals surface area (Å²) in [6.07, 6.45) is 4.75. The van der Waals surface area contributed by atoms with Crippen molar-refractivity contribution >= 4 is 21.8 Å². The number of carbonyl (C=O) groups excluding carboxylic acids is 1. The molecule has 1 aromatic heterocycles. The lowest BCUT2D eigenvalue weighted by atomic mass is 10.4. The lowest BCUT2D eigenvalue weighted by Crippen LogP contribution is -2.25. The van der Waals surface area contributed by atoms with Gasteiger partial charge in [-0.05, 0) is 0 Å². The molecule has 0 unspecified atom stereocenters. The molecule has 0 saturated heterocycles. The molecule has 0 saturated carbocycles. The van der Waals surface area contributed by atoms with E-state index in [4.69, 9.17) is 0 Å². The number of hydrogen-bond acceptors (Lipinski definition) is 2. The van der Waals surface area contributed by atoms with Gasteiger partial charge >= 0.3 is 0 Å². The summed E-state index contributed by atoms with van der Waals surface area (Å²) in [5, 5.41) is 3.50. The first kappa shape index (κ1) is 10.2. The van der Waals surface area contributed by atoms with Gasteiger partial charge in [-0.2, -0.15) is 0 Å². The Morgan fingerprint density at radius 1 is 1.69 bits per heavy atom. The molecule has 0 aliphatic rings. The van der Waals surface area contributed by atoms with Crippen LogP contribution in [-0.2, 0) is 11.2 Å². The molecule has 1 aromatic rings. The molecule has 4 nitrogen and oxygen atoms in total. The quantitative estimate of drug-likeness (QED) is 0.757. The SMILES string of the molecule is O=C(CCBr)NCCc1ncc[nH]1. The third kappa shape index (κ3) is 4.07. The van der Waals surface area contributed by atoms with Gasteiger partial charge in [0.05, 0.1) is 0 Å². The first-order valence-corrected chi connectivity index (χ1v) is 5.26. The van der Waals surface area contributed by atoms with Crippen molar-refractivity contribution < 1.29 is 4.79 Å². The number of H-pyrrole nitrogens is 1. The minimum Gasteiger partial charge on any atom is -0.356 e. The molecule has 13 heavy (non-hydrogen) atoms. The van der Waals surface area contributed by atoms with Crippen LogP contribution in [-0.4, -0.2) is 27.7 Å². The van der Waals surface area contributed by atoms with Crippen LogP contribution in [0.15, 0.2) is 12.4 Å². The number of amides is 1. The van der Waals surface area contributed by atoms with Crippen molar-refractivity contribution in [2.75, 3.05) is 11.9 Å². The molecule has 1 rings (SSSR count). The van der Waals surface area contributed by atoms with Gasteiger partial charge < -0.3 is 10.3 Å². The molecule has 0 bridgehead atoms.